The van der Waals surface area contributed by atoms with Crippen LogP contribution in [0.1, 0.15) is 11.1 Å². The van der Waals surface area contributed by atoms with E-state index < -0.39 is 13.2 Å². The van der Waals surface area contributed by atoms with Crippen LogP contribution in [0.15, 0.2) is 12.1 Å². The first kappa shape index (κ1) is 10.8. The zero-order chi connectivity index (χ0) is 11.7. The first-order valence-corrected chi connectivity index (χ1v) is 4.75. The molecule has 6 nitrogen and oxygen atoms in total. The Balaban J connectivity index is 2.31. The summed E-state index contributed by atoms with van der Waals surface area (Å²) in [6.45, 7) is 0.423. The van der Waals surface area contributed by atoms with Gasteiger partial charge in [0.1, 0.15) is 0 Å². The van der Waals surface area contributed by atoms with Gasteiger partial charge >= 0.3 is 13.2 Å². The third-order valence-electron chi connectivity index (χ3n) is 2.48. The van der Waals surface area contributed by atoms with Crippen LogP contribution < -0.4 is 16.5 Å². The monoisotopic (exact) mass is 222 g/mol. The van der Waals surface area contributed by atoms with Gasteiger partial charge in [-0.05, 0) is 28.7 Å². The van der Waals surface area contributed by atoms with E-state index in [1.807, 2.05) is 0 Å². The molecule has 0 fully saturated rings. The summed E-state index contributed by atoms with van der Waals surface area (Å²) >= 11 is 0. The minimum absolute atomic E-state index is 0.152. The molecule has 0 unspecified atom stereocenters. The van der Waals surface area contributed by atoms with Crippen LogP contribution in [0.2, 0.25) is 0 Å². The molecule has 7 heteroatoms. The van der Waals surface area contributed by atoms with E-state index in [-0.39, 0.29) is 13.2 Å². The fourth-order valence-corrected chi connectivity index (χ4v) is 1.76. The van der Waals surface area contributed by atoms with Gasteiger partial charge in [0.25, 0.3) is 0 Å². The van der Waals surface area contributed by atoms with E-state index in [0.717, 1.165) is 11.1 Å². The Kier molecular flexibility index (Phi) is 2.72. The molecule has 1 aromatic rings. The van der Waals surface area contributed by atoms with Gasteiger partial charge in [-0.3, -0.25) is 0 Å². The van der Waals surface area contributed by atoms with Crippen molar-refractivity contribution in [2.24, 2.45) is 0 Å². The molecule has 16 heavy (non-hydrogen) atoms. The van der Waals surface area contributed by atoms with E-state index >= 15 is 0 Å². The number of hydrogen-bond donors (Lipinski definition) is 4. The summed E-state index contributed by atoms with van der Waals surface area (Å²) in [5, 5.41) is 20.3. The Morgan fingerprint density at radius 3 is 3.06 bits per heavy atom. The standard InChI is InChI=1S/C9H11BN2O4/c11-6-1-5(3-12-9(13)14)7-4-16-10(15)8(7)2-6/h1-2,12,15H,3-4,11H2,(H,13,14). The van der Waals surface area contributed by atoms with Gasteiger partial charge in [-0.25, -0.2) is 4.79 Å². The van der Waals surface area contributed by atoms with Crippen LogP contribution >= 0.6 is 0 Å². The number of benzene rings is 1. The molecule has 84 valence electrons. The Morgan fingerprint density at radius 1 is 1.62 bits per heavy atom. The van der Waals surface area contributed by atoms with Crippen LogP contribution in [0.5, 0.6) is 0 Å². The van der Waals surface area contributed by atoms with E-state index in [1.165, 1.54) is 0 Å². The highest BCUT2D eigenvalue weighted by Crippen LogP contribution is 2.18. The molecule has 5 N–H and O–H groups in total. The van der Waals surface area contributed by atoms with Crippen molar-refractivity contribution in [2.45, 2.75) is 13.2 Å². The van der Waals surface area contributed by atoms with Crippen LogP contribution in [-0.4, -0.2) is 23.3 Å². The van der Waals surface area contributed by atoms with Crippen molar-refractivity contribution in [3.8, 4) is 0 Å². The minimum Gasteiger partial charge on any atom is -0.465 e. The van der Waals surface area contributed by atoms with E-state index in [9.17, 15) is 9.82 Å². The average Bonchev–Trinajstić information content (AvgIpc) is 2.57. The number of carbonyl (C=O) groups is 1. The number of amides is 1. The molecule has 0 spiro atoms. The van der Waals surface area contributed by atoms with E-state index in [1.54, 1.807) is 12.1 Å². The molecule has 0 bridgehead atoms. The summed E-state index contributed by atoms with van der Waals surface area (Å²) in [7, 11) is -0.970. The normalized spacial score (nSPS) is 13.7. The zero-order valence-corrected chi connectivity index (χ0v) is 8.43. The number of hydrogen-bond acceptors (Lipinski definition) is 4. The van der Waals surface area contributed by atoms with Crippen molar-refractivity contribution in [1.29, 1.82) is 0 Å². The van der Waals surface area contributed by atoms with Crippen molar-refractivity contribution in [2.75, 3.05) is 5.73 Å². The van der Waals surface area contributed by atoms with Crippen LogP contribution in [0, 0.1) is 0 Å². The number of carboxylic acid groups (broad SMARTS) is 1. The van der Waals surface area contributed by atoms with Gasteiger partial charge in [0, 0.05) is 12.2 Å². The topological polar surface area (TPSA) is 105 Å². The first-order chi connectivity index (χ1) is 7.58. The van der Waals surface area contributed by atoms with E-state index in [2.05, 4.69) is 5.32 Å². The molecule has 0 atom stereocenters. The summed E-state index contributed by atoms with van der Waals surface area (Å²) in [5.41, 5.74) is 8.28. The lowest BCUT2D eigenvalue weighted by atomic mass is 9.78. The third kappa shape index (κ3) is 1.95. The summed E-state index contributed by atoms with van der Waals surface area (Å²) in [6, 6.07) is 3.31. The lowest BCUT2D eigenvalue weighted by molar-refractivity contribution is 0.194. The fourth-order valence-electron chi connectivity index (χ4n) is 1.76. The predicted octanol–water partition coefficient (Wildman–Crippen LogP) is -0.746. The van der Waals surface area contributed by atoms with E-state index in [0.29, 0.717) is 11.2 Å². The molecule has 1 heterocycles. The predicted molar refractivity (Wildman–Crippen MR) is 58.1 cm³/mol. The molecule has 1 aliphatic rings. The summed E-state index contributed by atoms with van der Waals surface area (Å²) < 4.78 is 5.05. The highest BCUT2D eigenvalue weighted by molar-refractivity contribution is 6.61. The molecule has 0 saturated carbocycles. The molecule has 1 aromatic carbocycles. The van der Waals surface area contributed by atoms with E-state index in [4.69, 9.17) is 15.5 Å². The largest absolute Gasteiger partial charge is 0.491 e. The third-order valence-corrected chi connectivity index (χ3v) is 2.48. The Hall–Kier alpha value is -1.73. The maximum atomic E-state index is 10.4. The highest BCUT2D eigenvalue weighted by Gasteiger charge is 2.29. The molecule has 0 aromatic heterocycles. The Bertz CT molecular complexity index is 438. The number of fused-ring (bicyclic) bond motifs is 1. The van der Waals surface area contributed by atoms with Crippen molar-refractivity contribution in [3.05, 3.63) is 23.3 Å². The number of nitrogen functional groups attached to an aromatic ring is 1. The van der Waals surface area contributed by atoms with Gasteiger partial charge in [-0.1, -0.05) is 0 Å². The van der Waals surface area contributed by atoms with Gasteiger partial charge in [0.2, 0.25) is 0 Å². The van der Waals surface area contributed by atoms with Crippen molar-refractivity contribution in [3.63, 3.8) is 0 Å². The van der Waals surface area contributed by atoms with Crippen LogP contribution in [-0.2, 0) is 17.8 Å². The maximum absolute atomic E-state index is 10.4. The second-order valence-electron chi connectivity index (χ2n) is 3.57. The second kappa shape index (κ2) is 4.03. The number of anilines is 1. The maximum Gasteiger partial charge on any atom is 0.491 e. The quantitative estimate of drug-likeness (QED) is 0.389. The summed E-state index contributed by atoms with van der Waals surface area (Å²) in [5.74, 6) is 0. The molecular weight excluding hydrogens is 211 g/mol. The zero-order valence-electron chi connectivity index (χ0n) is 8.43. The lowest BCUT2D eigenvalue weighted by Crippen LogP contribution is -2.29. The van der Waals surface area contributed by atoms with Gasteiger partial charge < -0.3 is 25.8 Å². The van der Waals surface area contributed by atoms with Crippen molar-refractivity contribution >= 4 is 24.4 Å². The minimum atomic E-state index is -1.10. The SMILES string of the molecule is Nc1cc(CNC(=O)O)c2c(c1)B(O)OC2. The number of nitrogens with one attached hydrogen (secondary N) is 1. The van der Waals surface area contributed by atoms with Gasteiger partial charge in [-0.15, -0.1) is 0 Å². The fraction of sp³-hybridized carbons (Fsp3) is 0.222. The first-order valence-electron chi connectivity index (χ1n) is 4.75. The number of rotatable bonds is 2. The Morgan fingerprint density at radius 2 is 2.38 bits per heavy atom. The van der Waals surface area contributed by atoms with Gasteiger partial charge in [0.05, 0.1) is 6.61 Å². The molecule has 2 rings (SSSR count). The lowest BCUT2D eigenvalue weighted by Gasteiger charge is -2.09. The van der Waals surface area contributed by atoms with Crippen molar-refractivity contribution < 1.29 is 19.6 Å². The summed E-state index contributed by atoms with van der Waals surface area (Å²) in [4.78, 5) is 10.4. The van der Waals surface area contributed by atoms with Crippen LogP contribution in [0.4, 0.5) is 10.5 Å². The van der Waals surface area contributed by atoms with Crippen molar-refractivity contribution in [1.82, 2.24) is 5.32 Å². The molecule has 0 radical (unpaired) electrons. The van der Waals surface area contributed by atoms with Gasteiger partial charge in [0.15, 0.2) is 0 Å². The average molecular weight is 222 g/mol. The smallest absolute Gasteiger partial charge is 0.465 e. The Labute approximate surface area is 92.2 Å². The molecular formula is C9H11BN2O4. The molecule has 0 saturated heterocycles. The summed E-state index contributed by atoms with van der Waals surface area (Å²) in [6.07, 6.45) is -1.10. The second-order valence-corrected chi connectivity index (χ2v) is 3.57. The van der Waals surface area contributed by atoms with Crippen LogP contribution in [0.25, 0.3) is 0 Å². The number of nitrogens with two attached hydrogens (primary N) is 1. The molecule has 1 amide bonds. The van der Waals surface area contributed by atoms with Crippen LogP contribution in [0.3, 0.4) is 0 Å². The van der Waals surface area contributed by atoms with Gasteiger partial charge in [-0.2, -0.15) is 0 Å². The molecule has 1 aliphatic heterocycles. The molecule has 0 aliphatic carbocycles. The highest BCUT2D eigenvalue weighted by atomic mass is 16.5.